The van der Waals surface area contributed by atoms with Crippen LogP contribution >= 0.6 is 0 Å². The van der Waals surface area contributed by atoms with E-state index >= 15 is 0 Å². The van der Waals surface area contributed by atoms with Gasteiger partial charge >= 0.3 is 0 Å². The molecular weight excluding hydrogens is 319 g/mol. The molecule has 1 saturated carbocycles. The van der Waals surface area contributed by atoms with E-state index in [2.05, 4.69) is 19.2 Å². The highest BCUT2D eigenvalue weighted by atomic mass is 19.1. The third-order valence-electron chi connectivity index (χ3n) is 4.93. The number of nitrogens with zero attached hydrogens (tertiary/aromatic N) is 1. The standard InChI is InChI=1S/C20H25FN2O2/c1-13(2)9-10-23-18(19(24)22-16-5-3-4-6-16)11-14-7-8-15(21)12-17(14)20(23)25/h7-8,11-13,16H,3-6,9-10H2,1-2H3,(H,22,24). The number of hydrogen-bond acceptors (Lipinski definition) is 2. The lowest BCUT2D eigenvalue weighted by molar-refractivity contribution is 0.0926. The van der Waals surface area contributed by atoms with Crippen LogP contribution in [-0.2, 0) is 6.54 Å². The van der Waals surface area contributed by atoms with Crippen LogP contribution in [0.2, 0.25) is 0 Å². The highest BCUT2D eigenvalue weighted by Gasteiger charge is 2.21. The molecule has 3 rings (SSSR count). The smallest absolute Gasteiger partial charge is 0.268 e. The third-order valence-corrected chi connectivity index (χ3v) is 4.93. The molecule has 1 fully saturated rings. The first-order valence-electron chi connectivity index (χ1n) is 9.09. The van der Waals surface area contributed by atoms with Crippen molar-refractivity contribution in [1.82, 2.24) is 9.88 Å². The maximum Gasteiger partial charge on any atom is 0.268 e. The van der Waals surface area contributed by atoms with Crippen molar-refractivity contribution in [2.45, 2.75) is 58.5 Å². The van der Waals surface area contributed by atoms with Gasteiger partial charge in [-0.25, -0.2) is 4.39 Å². The molecule has 5 heteroatoms. The van der Waals surface area contributed by atoms with E-state index in [1.54, 1.807) is 12.1 Å². The first kappa shape index (κ1) is 17.6. The number of nitrogens with one attached hydrogen (secondary N) is 1. The van der Waals surface area contributed by atoms with Crippen molar-refractivity contribution >= 4 is 16.7 Å². The molecule has 0 saturated heterocycles. The van der Waals surface area contributed by atoms with Crippen molar-refractivity contribution in [2.75, 3.05) is 0 Å². The van der Waals surface area contributed by atoms with E-state index in [0.29, 0.717) is 28.9 Å². The van der Waals surface area contributed by atoms with Gasteiger partial charge in [0.1, 0.15) is 11.5 Å². The fourth-order valence-electron chi connectivity index (χ4n) is 3.45. The fraction of sp³-hybridized carbons (Fsp3) is 0.500. The van der Waals surface area contributed by atoms with E-state index < -0.39 is 5.82 Å². The highest BCUT2D eigenvalue weighted by molar-refractivity contribution is 5.96. The summed E-state index contributed by atoms with van der Waals surface area (Å²) in [5.74, 6) is -0.247. The highest BCUT2D eigenvalue weighted by Crippen LogP contribution is 2.19. The monoisotopic (exact) mass is 344 g/mol. The zero-order chi connectivity index (χ0) is 18.0. The average Bonchev–Trinajstić information content (AvgIpc) is 3.07. The van der Waals surface area contributed by atoms with Gasteiger partial charge in [-0.05, 0) is 48.8 Å². The predicted molar refractivity (Wildman–Crippen MR) is 97.3 cm³/mol. The summed E-state index contributed by atoms with van der Waals surface area (Å²) in [6.07, 6.45) is 5.01. The van der Waals surface area contributed by atoms with Gasteiger partial charge in [0.25, 0.3) is 11.5 Å². The van der Waals surface area contributed by atoms with Crippen LogP contribution in [0.1, 0.15) is 56.4 Å². The minimum Gasteiger partial charge on any atom is -0.348 e. The Hall–Kier alpha value is -2.17. The fourth-order valence-corrected chi connectivity index (χ4v) is 3.45. The Bertz CT molecular complexity index is 835. The van der Waals surface area contributed by atoms with Crippen LogP contribution in [0.25, 0.3) is 10.8 Å². The number of halogens is 1. The molecule has 0 spiro atoms. The lowest BCUT2D eigenvalue weighted by Gasteiger charge is -2.18. The molecule has 4 nitrogen and oxygen atoms in total. The normalized spacial score (nSPS) is 15.2. The summed E-state index contributed by atoms with van der Waals surface area (Å²) in [7, 11) is 0. The van der Waals surface area contributed by atoms with Gasteiger partial charge in [0.2, 0.25) is 0 Å². The maximum absolute atomic E-state index is 13.6. The van der Waals surface area contributed by atoms with Gasteiger partial charge < -0.3 is 9.88 Å². The van der Waals surface area contributed by atoms with Crippen LogP contribution in [0.15, 0.2) is 29.1 Å². The number of aromatic nitrogens is 1. The Balaban J connectivity index is 2.04. The van der Waals surface area contributed by atoms with Gasteiger partial charge in [0.05, 0.1) is 5.39 Å². The summed E-state index contributed by atoms with van der Waals surface area (Å²) in [5, 5.41) is 3.98. The average molecular weight is 344 g/mol. The molecule has 1 aliphatic rings. The Morgan fingerprint density at radius 3 is 2.68 bits per heavy atom. The number of carbonyl (C=O) groups excluding carboxylic acids is 1. The van der Waals surface area contributed by atoms with Crippen molar-refractivity contribution in [2.24, 2.45) is 5.92 Å². The van der Waals surface area contributed by atoms with E-state index in [9.17, 15) is 14.0 Å². The molecule has 1 heterocycles. The minimum absolute atomic E-state index is 0.185. The molecule has 0 unspecified atom stereocenters. The van der Waals surface area contributed by atoms with Crippen molar-refractivity contribution in [3.8, 4) is 0 Å². The van der Waals surface area contributed by atoms with Crippen LogP contribution in [0.4, 0.5) is 4.39 Å². The summed E-state index contributed by atoms with van der Waals surface area (Å²) >= 11 is 0. The molecule has 2 aromatic rings. The molecule has 0 atom stereocenters. The zero-order valence-electron chi connectivity index (χ0n) is 14.8. The van der Waals surface area contributed by atoms with Gasteiger partial charge in [-0.1, -0.05) is 32.8 Å². The molecule has 0 radical (unpaired) electrons. The van der Waals surface area contributed by atoms with E-state index in [4.69, 9.17) is 0 Å². The number of carbonyl (C=O) groups is 1. The summed E-state index contributed by atoms with van der Waals surface area (Å²) in [5.41, 5.74) is 0.0749. The quantitative estimate of drug-likeness (QED) is 0.895. The Labute approximate surface area is 147 Å². The van der Waals surface area contributed by atoms with Crippen LogP contribution in [-0.4, -0.2) is 16.5 Å². The van der Waals surface area contributed by atoms with E-state index in [1.807, 2.05) is 0 Å². The van der Waals surface area contributed by atoms with Crippen LogP contribution < -0.4 is 10.9 Å². The molecule has 1 aromatic heterocycles. The van der Waals surface area contributed by atoms with E-state index in [1.165, 1.54) is 16.7 Å². The maximum atomic E-state index is 13.6. The minimum atomic E-state index is -0.442. The van der Waals surface area contributed by atoms with Gasteiger partial charge in [-0.15, -0.1) is 0 Å². The van der Waals surface area contributed by atoms with Crippen LogP contribution in [0, 0.1) is 11.7 Å². The Morgan fingerprint density at radius 1 is 1.28 bits per heavy atom. The molecule has 0 bridgehead atoms. The van der Waals surface area contributed by atoms with Gasteiger partial charge in [-0.3, -0.25) is 9.59 Å². The second-order valence-corrected chi connectivity index (χ2v) is 7.36. The molecule has 25 heavy (non-hydrogen) atoms. The van der Waals surface area contributed by atoms with Gasteiger partial charge in [0.15, 0.2) is 0 Å². The molecule has 1 aliphatic carbocycles. The van der Waals surface area contributed by atoms with Crippen molar-refractivity contribution in [1.29, 1.82) is 0 Å². The van der Waals surface area contributed by atoms with E-state index in [-0.39, 0.29) is 17.5 Å². The second-order valence-electron chi connectivity index (χ2n) is 7.36. The molecule has 1 N–H and O–H groups in total. The van der Waals surface area contributed by atoms with Gasteiger partial charge in [0, 0.05) is 12.6 Å². The largest absolute Gasteiger partial charge is 0.348 e. The molecule has 0 aliphatic heterocycles. The molecular formula is C20H25FN2O2. The van der Waals surface area contributed by atoms with E-state index in [0.717, 1.165) is 32.1 Å². The van der Waals surface area contributed by atoms with Crippen LogP contribution in [0.5, 0.6) is 0 Å². The zero-order valence-corrected chi connectivity index (χ0v) is 14.8. The van der Waals surface area contributed by atoms with Crippen molar-refractivity contribution < 1.29 is 9.18 Å². The first-order chi connectivity index (χ1) is 12.0. The van der Waals surface area contributed by atoms with Crippen LogP contribution in [0.3, 0.4) is 0 Å². The molecule has 1 aromatic carbocycles. The van der Waals surface area contributed by atoms with Gasteiger partial charge in [-0.2, -0.15) is 0 Å². The first-order valence-corrected chi connectivity index (χ1v) is 9.09. The molecule has 1 amide bonds. The number of fused-ring (bicyclic) bond motifs is 1. The lowest BCUT2D eigenvalue weighted by atomic mass is 10.1. The number of amides is 1. The second kappa shape index (κ2) is 7.38. The summed E-state index contributed by atoms with van der Waals surface area (Å²) in [6.45, 7) is 4.60. The third kappa shape index (κ3) is 3.91. The van der Waals surface area contributed by atoms with Crippen molar-refractivity contribution in [3.63, 3.8) is 0 Å². The number of hydrogen-bond donors (Lipinski definition) is 1. The lowest BCUT2D eigenvalue weighted by Crippen LogP contribution is -2.37. The summed E-state index contributed by atoms with van der Waals surface area (Å²) in [4.78, 5) is 25.7. The summed E-state index contributed by atoms with van der Waals surface area (Å²) in [6, 6.07) is 6.03. The number of rotatable bonds is 5. The SMILES string of the molecule is CC(C)CCn1c(C(=O)NC2CCCC2)cc2ccc(F)cc2c1=O. The number of benzene rings is 1. The summed E-state index contributed by atoms with van der Waals surface area (Å²) < 4.78 is 15.1. The molecule has 134 valence electrons. The van der Waals surface area contributed by atoms with Crippen molar-refractivity contribution in [3.05, 3.63) is 46.1 Å². The predicted octanol–water partition coefficient (Wildman–Crippen LogP) is 3.86. The Kier molecular flexibility index (Phi) is 5.21. The number of pyridine rings is 1. The Morgan fingerprint density at radius 2 is 2.00 bits per heavy atom. The topological polar surface area (TPSA) is 51.1 Å².